The molecule has 0 heterocycles. The molecule has 0 saturated carbocycles. The van der Waals surface area contributed by atoms with Crippen LogP contribution < -0.4 is 10.2 Å². The van der Waals surface area contributed by atoms with Crippen molar-refractivity contribution in [2.24, 2.45) is 0 Å². The van der Waals surface area contributed by atoms with Crippen molar-refractivity contribution in [3.05, 3.63) is 29.3 Å². The Morgan fingerprint density at radius 1 is 1.00 bits per heavy atom. The average molecular weight is 318 g/mol. The summed E-state index contributed by atoms with van der Waals surface area (Å²) in [6.45, 7) is 13.8. The first-order valence-electron chi connectivity index (χ1n) is 8.35. The van der Waals surface area contributed by atoms with Gasteiger partial charge in [0.15, 0.2) is 0 Å². The van der Waals surface area contributed by atoms with E-state index in [1.165, 1.54) is 6.92 Å². The summed E-state index contributed by atoms with van der Waals surface area (Å²) in [6, 6.07) is 6.17. The van der Waals surface area contributed by atoms with Crippen LogP contribution >= 0.6 is 0 Å². The van der Waals surface area contributed by atoms with Crippen LogP contribution in [0.25, 0.3) is 0 Å². The normalized spacial score (nSPS) is 11.2. The number of carbonyl (C=O) groups excluding carboxylic acids is 2. The van der Waals surface area contributed by atoms with Gasteiger partial charge in [0, 0.05) is 13.0 Å². The van der Waals surface area contributed by atoms with Crippen molar-refractivity contribution in [1.29, 1.82) is 0 Å². The van der Waals surface area contributed by atoms with E-state index in [2.05, 4.69) is 33.0 Å². The Kier molecular flexibility index (Phi) is 6.79. The number of nitrogens with zero attached hydrogens (tertiary/aromatic N) is 1. The number of para-hydroxylation sites is 1. The molecule has 0 bridgehead atoms. The summed E-state index contributed by atoms with van der Waals surface area (Å²) in [6.07, 6.45) is 0. The van der Waals surface area contributed by atoms with Crippen LogP contribution in [0.1, 0.15) is 71.4 Å². The van der Waals surface area contributed by atoms with Crippen molar-refractivity contribution < 1.29 is 9.59 Å². The highest BCUT2D eigenvalue weighted by atomic mass is 16.2. The lowest BCUT2D eigenvalue weighted by atomic mass is 9.91. The molecule has 1 rings (SSSR count). The third-order valence-corrected chi connectivity index (χ3v) is 3.74. The van der Waals surface area contributed by atoms with E-state index in [0.29, 0.717) is 0 Å². The number of amides is 2. The number of rotatable bonds is 6. The zero-order chi connectivity index (χ0) is 17.7. The van der Waals surface area contributed by atoms with Gasteiger partial charge < -0.3 is 10.2 Å². The summed E-state index contributed by atoms with van der Waals surface area (Å²) >= 11 is 0. The van der Waals surface area contributed by atoms with Gasteiger partial charge in [0.25, 0.3) is 0 Å². The predicted octanol–water partition coefficient (Wildman–Crippen LogP) is 3.81. The van der Waals surface area contributed by atoms with Crippen LogP contribution in [0.15, 0.2) is 18.2 Å². The fourth-order valence-electron chi connectivity index (χ4n) is 2.68. The lowest BCUT2D eigenvalue weighted by Crippen LogP contribution is -2.43. The highest BCUT2D eigenvalue weighted by molar-refractivity contribution is 5.99. The van der Waals surface area contributed by atoms with E-state index in [-0.39, 0.29) is 36.2 Å². The van der Waals surface area contributed by atoms with E-state index < -0.39 is 0 Å². The molecular formula is C19H30N2O2. The van der Waals surface area contributed by atoms with Gasteiger partial charge >= 0.3 is 0 Å². The molecule has 0 aliphatic heterocycles. The first-order valence-corrected chi connectivity index (χ1v) is 8.35. The molecule has 0 aliphatic carbocycles. The molecular weight excluding hydrogens is 288 g/mol. The van der Waals surface area contributed by atoms with Crippen molar-refractivity contribution in [3.8, 4) is 0 Å². The molecule has 0 aliphatic rings. The third kappa shape index (κ3) is 5.08. The third-order valence-electron chi connectivity index (χ3n) is 3.74. The van der Waals surface area contributed by atoms with Gasteiger partial charge in [0.2, 0.25) is 11.8 Å². The standard InChI is InChI=1S/C19H30N2O2/c1-12(2)16-9-8-10-17(13(3)4)19(16)21(15(7)22)11-18(23)20-14(5)6/h8-10,12-14H,11H2,1-7H3,(H,20,23). The van der Waals surface area contributed by atoms with Crippen molar-refractivity contribution >= 4 is 17.5 Å². The van der Waals surface area contributed by atoms with Gasteiger partial charge in [-0.1, -0.05) is 45.9 Å². The lowest BCUT2D eigenvalue weighted by molar-refractivity contribution is -0.123. The number of carbonyl (C=O) groups is 2. The quantitative estimate of drug-likeness (QED) is 0.867. The summed E-state index contributed by atoms with van der Waals surface area (Å²) in [5, 5.41) is 2.86. The van der Waals surface area contributed by atoms with Gasteiger partial charge in [-0.05, 0) is 36.8 Å². The zero-order valence-corrected chi connectivity index (χ0v) is 15.4. The van der Waals surface area contributed by atoms with Gasteiger partial charge in [0.1, 0.15) is 6.54 Å². The Morgan fingerprint density at radius 3 is 1.83 bits per heavy atom. The summed E-state index contributed by atoms with van der Waals surface area (Å²) in [5.41, 5.74) is 3.09. The molecule has 1 N–H and O–H groups in total. The summed E-state index contributed by atoms with van der Waals surface area (Å²) in [5.74, 6) is 0.305. The molecule has 0 spiro atoms. The Morgan fingerprint density at radius 2 is 1.48 bits per heavy atom. The van der Waals surface area contributed by atoms with Gasteiger partial charge in [-0.2, -0.15) is 0 Å². The van der Waals surface area contributed by atoms with E-state index in [0.717, 1.165) is 16.8 Å². The highest BCUT2D eigenvalue weighted by Gasteiger charge is 2.24. The zero-order valence-electron chi connectivity index (χ0n) is 15.4. The van der Waals surface area contributed by atoms with Gasteiger partial charge in [-0.25, -0.2) is 0 Å². The van der Waals surface area contributed by atoms with Crippen LogP contribution in [0.2, 0.25) is 0 Å². The topological polar surface area (TPSA) is 49.4 Å². The van der Waals surface area contributed by atoms with Gasteiger partial charge in [-0.3, -0.25) is 9.59 Å². The Bertz CT molecular complexity index is 536. The van der Waals surface area contributed by atoms with Crippen LogP contribution in [0, 0.1) is 0 Å². The molecule has 0 atom stereocenters. The second-order valence-corrected chi connectivity index (χ2v) is 6.92. The second kappa shape index (κ2) is 8.14. The van der Waals surface area contributed by atoms with Gasteiger partial charge in [-0.15, -0.1) is 0 Å². The van der Waals surface area contributed by atoms with Crippen LogP contribution in [-0.2, 0) is 9.59 Å². The van der Waals surface area contributed by atoms with E-state index >= 15 is 0 Å². The number of hydrogen-bond donors (Lipinski definition) is 1. The van der Waals surface area contributed by atoms with E-state index in [1.807, 2.05) is 32.0 Å². The van der Waals surface area contributed by atoms with E-state index in [9.17, 15) is 9.59 Å². The smallest absolute Gasteiger partial charge is 0.240 e. The molecule has 1 aromatic rings. The molecule has 2 amide bonds. The fraction of sp³-hybridized carbons (Fsp3) is 0.579. The molecule has 0 saturated heterocycles. The second-order valence-electron chi connectivity index (χ2n) is 6.92. The summed E-state index contributed by atoms with van der Waals surface area (Å²) in [7, 11) is 0. The van der Waals surface area contributed by atoms with Crippen molar-refractivity contribution in [3.63, 3.8) is 0 Å². The number of benzene rings is 1. The van der Waals surface area contributed by atoms with Gasteiger partial charge in [0.05, 0.1) is 5.69 Å². The number of nitrogens with one attached hydrogen (secondary N) is 1. The van der Waals surface area contributed by atoms with Crippen molar-refractivity contribution in [1.82, 2.24) is 5.32 Å². The molecule has 0 radical (unpaired) electrons. The fourth-order valence-corrected chi connectivity index (χ4v) is 2.68. The van der Waals surface area contributed by atoms with E-state index in [4.69, 9.17) is 0 Å². The lowest BCUT2D eigenvalue weighted by Gasteiger charge is -2.29. The minimum atomic E-state index is -0.136. The predicted molar refractivity (Wildman–Crippen MR) is 95.9 cm³/mol. The van der Waals surface area contributed by atoms with Crippen LogP contribution in [0.4, 0.5) is 5.69 Å². The van der Waals surface area contributed by atoms with Crippen LogP contribution in [0.3, 0.4) is 0 Å². The largest absolute Gasteiger partial charge is 0.352 e. The summed E-state index contributed by atoms with van der Waals surface area (Å²) in [4.78, 5) is 26.1. The first-order chi connectivity index (χ1) is 10.6. The maximum atomic E-state index is 12.3. The van der Waals surface area contributed by atoms with E-state index in [1.54, 1.807) is 4.90 Å². The number of anilines is 1. The Hall–Kier alpha value is -1.84. The molecule has 1 aromatic carbocycles. The molecule has 4 nitrogen and oxygen atoms in total. The molecule has 128 valence electrons. The Labute approximate surface area is 140 Å². The first kappa shape index (κ1) is 19.2. The number of hydrogen-bond acceptors (Lipinski definition) is 2. The monoisotopic (exact) mass is 318 g/mol. The highest BCUT2D eigenvalue weighted by Crippen LogP contribution is 2.35. The maximum absolute atomic E-state index is 12.3. The summed E-state index contributed by atoms with van der Waals surface area (Å²) < 4.78 is 0. The SMILES string of the molecule is CC(=O)N(CC(=O)NC(C)C)c1c(C(C)C)cccc1C(C)C. The molecule has 0 unspecified atom stereocenters. The van der Waals surface area contributed by atoms with Crippen molar-refractivity contribution in [2.45, 2.75) is 66.3 Å². The van der Waals surface area contributed by atoms with Crippen LogP contribution in [-0.4, -0.2) is 24.4 Å². The minimum absolute atomic E-state index is 0.0525. The molecule has 0 aromatic heterocycles. The van der Waals surface area contributed by atoms with Crippen molar-refractivity contribution in [2.75, 3.05) is 11.4 Å². The minimum Gasteiger partial charge on any atom is -0.352 e. The maximum Gasteiger partial charge on any atom is 0.240 e. The molecule has 23 heavy (non-hydrogen) atoms. The van der Waals surface area contributed by atoms with Crippen LogP contribution in [0.5, 0.6) is 0 Å². The molecule has 4 heteroatoms. The average Bonchev–Trinajstić information content (AvgIpc) is 2.42. The Balaban J connectivity index is 3.35. The molecule has 0 fully saturated rings.